The summed E-state index contributed by atoms with van der Waals surface area (Å²) in [5.74, 6) is 2.30. The minimum absolute atomic E-state index is 0.0827. The number of amides is 1. The molecule has 1 aromatic carbocycles. The summed E-state index contributed by atoms with van der Waals surface area (Å²) in [7, 11) is 3.34. The standard InChI is InChI=1S/C19H27NO4/c1-23-16-7-8-18(24-2)17(11-16)14-9-10-20(12-14)19(22)13-3-5-15(21)6-4-13/h7-8,11,13-15,21H,3-6,9-10,12H2,1-2H3. The molecule has 5 nitrogen and oxygen atoms in total. The van der Waals surface area contributed by atoms with Gasteiger partial charge in [0.2, 0.25) is 5.91 Å². The van der Waals surface area contributed by atoms with Crippen LogP contribution in [0.25, 0.3) is 0 Å². The molecule has 2 aliphatic rings. The van der Waals surface area contributed by atoms with E-state index in [1.54, 1.807) is 14.2 Å². The van der Waals surface area contributed by atoms with Crippen molar-refractivity contribution < 1.29 is 19.4 Å². The van der Waals surface area contributed by atoms with Gasteiger partial charge in [0, 0.05) is 30.5 Å². The third kappa shape index (κ3) is 3.51. The molecule has 1 aliphatic heterocycles. The molecule has 1 heterocycles. The first-order chi connectivity index (χ1) is 11.6. The second-order valence-electron chi connectivity index (χ2n) is 6.88. The molecule has 2 fully saturated rings. The number of aliphatic hydroxyl groups is 1. The largest absolute Gasteiger partial charge is 0.497 e. The second kappa shape index (κ2) is 7.43. The molecule has 0 radical (unpaired) electrons. The zero-order valence-electron chi connectivity index (χ0n) is 14.5. The van der Waals surface area contributed by atoms with Crippen molar-refractivity contribution in [1.29, 1.82) is 0 Å². The summed E-state index contributed by atoms with van der Waals surface area (Å²) in [6.07, 6.45) is 3.84. The number of methoxy groups -OCH3 is 2. The monoisotopic (exact) mass is 333 g/mol. The van der Waals surface area contributed by atoms with E-state index in [0.29, 0.717) is 0 Å². The topological polar surface area (TPSA) is 59.0 Å². The Kier molecular flexibility index (Phi) is 5.29. The van der Waals surface area contributed by atoms with Crippen LogP contribution in [0.4, 0.5) is 0 Å². The molecule has 1 aliphatic carbocycles. The SMILES string of the molecule is COc1ccc(OC)c(C2CCN(C(=O)C3CCC(O)CC3)C2)c1. The Morgan fingerprint density at radius 3 is 2.54 bits per heavy atom. The molecular formula is C19H27NO4. The van der Waals surface area contributed by atoms with Crippen LogP contribution >= 0.6 is 0 Å². The molecule has 1 saturated heterocycles. The molecule has 24 heavy (non-hydrogen) atoms. The Morgan fingerprint density at radius 1 is 1.12 bits per heavy atom. The predicted octanol–water partition coefficient (Wildman–Crippen LogP) is 2.57. The lowest BCUT2D eigenvalue weighted by Gasteiger charge is -2.28. The highest BCUT2D eigenvalue weighted by Gasteiger charge is 2.34. The maximum absolute atomic E-state index is 12.7. The van der Waals surface area contributed by atoms with Gasteiger partial charge in [0.05, 0.1) is 20.3 Å². The molecule has 1 amide bonds. The van der Waals surface area contributed by atoms with Crippen LogP contribution in [0.2, 0.25) is 0 Å². The Bertz CT molecular complexity index is 581. The smallest absolute Gasteiger partial charge is 0.225 e. The summed E-state index contributed by atoms with van der Waals surface area (Å²) in [5.41, 5.74) is 1.12. The Hall–Kier alpha value is -1.75. The summed E-state index contributed by atoms with van der Waals surface area (Å²) < 4.78 is 10.8. The zero-order chi connectivity index (χ0) is 17.1. The number of rotatable bonds is 4. The van der Waals surface area contributed by atoms with E-state index in [1.807, 2.05) is 23.1 Å². The molecule has 5 heteroatoms. The first-order valence-corrected chi connectivity index (χ1v) is 8.81. The van der Waals surface area contributed by atoms with Gasteiger partial charge in [0.25, 0.3) is 0 Å². The molecule has 132 valence electrons. The van der Waals surface area contributed by atoms with Crippen molar-refractivity contribution in [1.82, 2.24) is 4.90 Å². The quantitative estimate of drug-likeness (QED) is 0.920. The van der Waals surface area contributed by atoms with Crippen LogP contribution in [-0.4, -0.2) is 49.3 Å². The molecule has 0 aromatic heterocycles. The third-order valence-electron chi connectivity index (χ3n) is 5.42. The molecule has 1 unspecified atom stereocenters. The number of nitrogens with zero attached hydrogens (tertiary/aromatic N) is 1. The molecule has 1 N–H and O–H groups in total. The lowest BCUT2D eigenvalue weighted by Crippen LogP contribution is -2.36. The van der Waals surface area contributed by atoms with Crippen molar-refractivity contribution in [3.8, 4) is 11.5 Å². The second-order valence-corrected chi connectivity index (χ2v) is 6.88. The van der Waals surface area contributed by atoms with Gasteiger partial charge in [0.1, 0.15) is 11.5 Å². The molecule has 3 rings (SSSR count). The Labute approximate surface area is 143 Å². The third-order valence-corrected chi connectivity index (χ3v) is 5.42. The normalized spacial score (nSPS) is 27.1. The van der Waals surface area contributed by atoms with Crippen LogP contribution in [0.15, 0.2) is 18.2 Å². The van der Waals surface area contributed by atoms with Gasteiger partial charge in [-0.05, 0) is 50.3 Å². The lowest BCUT2D eigenvalue weighted by atomic mass is 9.86. The van der Waals surface area contributed by atoms with Crippen LogP contribution in [0.3, 0.4) is 0 Å². The molecule has 0 bridgehead atoms. The van der Waals surface area contributed by atoms with E-state index in [1.165, 1.54) is 0 Å². The molecule has 1 aromatic rings. The molecule has 1 atom stereocenters. The number of carbonyl (C=O) groups excluding carboxylic acids is 1. The van der Waals surface area contributed by atoms with E-state index < -0.39 is 0 Å². The van der Waals surface area contributed by atoms with Gasteiger partial charge >= 0.3 is 0 Å². The van der Waals surface area contributed by atoms with E-state index in [2.05, 4.69) is 0 Å². The first-order valence-electron chi connectivity index (χ1n) is 8.81. The summed E-state index contributed by atoms with van der Waals surface area (Å²) in [6.45, 7) is 1.53. The van der Waals surface area contributed by atoms with Crippen LogP contribution < -0.4 is 9.47 Å². The summed E-state index contributed by atoms with van der Waals surface area (Å²) >= 11 is 0. The highest BCUT2D eigenvalue weighted by atomic mass is 16.5. The Balaban J connectivity index is 1.68. The van der Waals surface area contributed by atoms with Crippen LogP contribution in [-0.2, 0) is 4.79 Å². The summed E-state index contributed by atoms with van der Waals surface area (Å²) in [4.78, 5) is 14.7. The Morgan fingerprint density at radius 2 is 1.88 bits per heavy atom. The van der Waals surface area contributed by atoms with Gasteiger partial charge in [-0.3, -0.25) is 4.79 Å². The van der Waals surface area contributed by atoms with Crippen LogP contribution in [0.5, 0.6) is 11.5 Å². The maximum Gasteiger partial charge on any atom is 0.225 e. The molecule has 1 saturated carbocycles. The zero-order valence-corrected chi connectivity index (χ0v) is 14.5. The van der Waals surface area contributed by atoms with E-state index in [-0.39, 0.29) is 23.8 Å². The highest BCUT2D eigenvalue weighted by molar-refractivity contribution is 5.79. The van der Waals surface area contributed by atoms with Gasteiger partial charge in [-0.25, -0.2) is 0 Å². The number of benzene rings is 1. The first kappa shape index (κ1) is 17.1. The van der Waals surface area contributed by atoms with E-state index in [9.17, 15) is 9.90 Å². The van der Waals surface area contributed by atoms with E-state index in [0.717, 1.165) is 62.3 Å². The number of ether oxygens (including phenoxy) is 2. The van der Waals surface area contributed by atoms with Gasteiger partial charge < -0.3 is 19.5 Å². The fraction of sp³-hybridized carbons (Fsp3) is 0.632. The van der Waals surface area contributed by atoms with Crippen molar-refractivity contribution in [3.63, 3.8) is 0 Å². The lowest BCUT2D eigenvalue weighted by molar-refractivity contribution is -0.136. The number of hydrogen-bond donors (Lipinski definition) is 1. The van der Waals surface area contributed by atoms with Gasteiger partial charge in [-0.2, -0.15) is 0 Å². The average Bonchev–Trinajstić information content (AvgIpc) is 3.11. The number of hydrogen-bond acceptors (Lipinski definition) is 4. The highest BCUT2D eigenvalue weighted by Crippen LogP contribution is 2.37. The predicted molar refractivity (Wildman–Crippen MR) is 91.4 cm³/mol. The number of aliphatic hydroxyl groups excluding tert-OH is 1. The number of likely N-dealkylation sites (tertiary alicyclic amines) is 1. The average molecular weight is 333 g/mol. The molecule has 0 spiro atoms. The number of carbonyl (C=O) groups is 1. The summed E-state index contributed by atoms with van der Waals surface area (Å²) in [5, 5.41) is 9.62. The fourth-order valence-corrected chi connectivity index (χ4v) is 3.95. The fourth-order valence-electron chi connectivity index (χ4n) is 3.95. The van der Waals surface area contributed by atoms with Crippen LogP contribution in [0, 0.1) is 5.92 Å². The summed E-state index contributed by atoms with van der Waals surface area (Å²) in [6, 6.07) is 5.85. The minimum atomic E-state index is -0.221. The minimum Gasteiger partial charge on any atom is -0.497 e. The van der Waals surface area contributed by atoms with Crippen LogP contribution in [0.1, 0.15) is 43.6 Å². The van der Waals surface area contributed by atoms with E-state index in [4.69, 9.17) is 9.47 Å². The maximum atomic E-state index is 12.7. The van der Waals surface area contributed by atoms with E-state index >= 15 is 0 Å². The van der Waals surface area contributed by atoms with Crippen molar-refractivity contribution in [3.05, 3.63) is 23.8 Å². The van der Waals surface area contributed by atoms with Gasteiger partial charge in [-0.15, -0.1) is 0 Å². The van der Waals surface area contributed by atoms with Crippen molar-refractivity contribution >= 4 is 5.91 Å². The van der Waals surface area contributed by atoms with Gasteiger partial charge in [-0.1, -0.05) is 0 Å². The molecular weight excluding hydrogens is 306 g/mol. The van der Waals surface area contributed by atoms with Crippen molar-refractivity contribution in [2.45, 2.75) is 44.1 Å². The van der Waals surface area contributed by atoms with Gasteiger partial charge in [0.15, 0.2) is 0 Å². The van der Waals surface area contributed by atoms with Crippen molar-refractivity contribution in [2.24, 2.45) is 5.92 Å². The van der Waals surface area contributed by atoms with Crippen molar-refractivity contribution in [2.75, 3.05) is 27.3 Å².